The van der Waals surface area contributed by atoms with E-state index in [-0.39, 0.29) is 5.84 Å². The maximum absolute atomic E-state index is 7.46. The van der Waals surface area contributed by atoms with Crippen molar-refractivity contribution in [2.24, 2.45) is 5.73 Å². The maximum Gasteiger partial charge on any atom is 0.140 e. The molecule has 0 amide bonds. The third-order valence-electron chi connectivity index (χ3n) is 2.79. The summed E-state index contributed by atoms with van der Waals surface area (Å²) in [4.78, 5) is 5.10. The third kappa shape index (κ3) is 3.12. The molecule has 0 fully saturated rings. The largest absolute Gasteiger partial charge is 0.486 e. The number of nitrogens with one attached hydrogen (secondary N) is 1. The number of nitrogen functional groups attached to an aromatic ring is 1. The van der Waals surface area contributed by atoms with Gasteiger partial charge in [0.05, 0.1) is 10.6 Å². The Bertz CT molecular complexity index is 592. The lowest BCUT2D eigenvalue weighted by atomic mass is 10.1. The number of aromatic nitrogens is 1. The van der Waals surface area contributed by atoms with Crippen LogP contribution in [0.15, 0.2) is 24.3 Å². The van der Waals surface area contributed by atoms with Crippen LogP contribution < -0.4 is 10.5 Å². The van der Waals surface area contributed by atoms with Crippen molar-refractivity contribution in [1.29, 1.82) is 5.41 Å². The van der Waals surface area contributed by atoms with Crippen LogP contribution in [-0.2, 0) is 13.0 Å². The van der Waals surface area contributed by atoms with E-state index in [1.807, 2.05) is 25.1 Å². The fourth-order valence-electron chi connectivity index (χ4n) is 1.84. The van der Waals surface area contributed by atoms with Crippen LogP contribution in [0.5, 0.6) is 5.75 Å². The molecule has 1 heterocycles. The lowest BCUT2D eigenvalue weighted by molar-refractivity contribution is 0.302. The van der Waals surface area contributed by atoms with E-state index in [4.69, 9.17) is 15.9 Å². The lowest BCUT2D eigenvalue weighted by Crippen LogP contribution is -2.10. The minimum atomic E-state index is 0.0650. The molecular weight excluding hydrogens is 258 g/mol. The summed E-state index contributed by atoms with van der Waals surface area (Å²) in [6.07, 6.45) is 0.936. The summed E-state index contributed by atoms with van der Waals surface area (Å²) in [5, 5.41) is 8.30. The minimum Gasteiger partial charge on any atom is -0.486 e. The zero-order valence-corrected chi connectivity index (χ0v) is 11.9. The van der Waals surface area contributed by atoms with Gasteiger partial charge in [-0.25, -0.2) is 4.98 Å². The highest BCUT2D eigenvalue weighted by Gasteiger charge is 2.10. The fraction of sp³-hybridized carbons (Fsp3) is 0.286. The molecule has 0 atom stereocenters. The smallest absolute Gasteiger partial charge is 0.140 e. The molecule has 0 radical (unpaired) electrons. The molecule has 0 aliphatic carbocycles. The summed E-state index contributed by atoms with van der Waals surface area (Å²) in [6.45, 7) is 4.37. The molecule has 0 aliphatic heterocycles. The van der Waals surface area contributed by atoms with E-state index in [0.717, 1.165) is 27.7 Å². The first-order valence-corrected chi connectivity index (χ1v) is 6.94. The highest BCUT2D eigenvalue weighted by Crippen LogP contribution is 2.22. The van der Waals surface area contributed by atoms with E-state index in [0.29, 0.717) is 6.61 Å². The van der Waals surface area contributed by atoms with Crippen LogP contribution in [0, 0.1) is 12.3 Å². The number of benzene rings is 1. The van der Waals surface area contributed by atoms with E-state index >= 15 is 0 Å². The van der Waals surface area contributed by atoms with Crippen molar-refractivity contribution >= 4 is 17.2 Å². The SMILES string of the molecule is CCc1ccccc1OCc1nc(C)c(C(=N)N)s1. The van der Waals surface area contributed by atoms with E-state index in [1.165, 1.54) is 16.9 Å². The van der Waals surface area contributed by atoms with Gasteiger partial charge in [0.1, 0.15) is 23.2 Å². The monoisotopic (exact) mass is 275 g/mol. The number of amidine groups is 1. The summed E-state index contributed by atoms with van der Waals surface area (Å²) in [5.41, 5.74) is 7.47. The van der Waals surface area contributed by atoms with Crippen molar-refractivity contribution in [3.8, 4) is 5.75 Å². The zero-order valence-electron chi connectivity index (χ0n) is 11.1. The number of para-hydroxylation sites is 1. The van der Waals surface area contributed by atoms with Crippen molar-refractivity contribution in [3.63, 3.8) is 0 Å². The first-order valence-electron chi connectivity index (χ1n) is 6.13. The summed E-state index contributed by atoms with van der Waals surface area (Å²) in [6, 6.07) is 7.99. The fourth-order valence-corrected chi connectivity index (χ4v) is 2.68. The Morgan fingerprint density at radius 1 is 1.42 bits per heavy atom. The molecule has 19 heavy (non-hydrogen) atoms. The van der Waals surface area contributed by atoms with Crippen LogP contribution in [0.1, 0.15) is 28.1 Å². The molecule has 1 aromatic heterocycles. The quantitative estimate of drug-likeness (QED) is 0.651. The Hall–Kier alpha value is -1.88. The zero-order chi connectivity index (χ0) is 13.8. The molecule has 0 bridgehead atoms. The molecule has 5 heteroatoms. The Balaban J connectivity index is 2.10. The van der Waals surface area contributed by atoms with E-state index < -0.39 is 0 Å². The van der Waals surface area contributed by atoms with Crippen molar-refractivity contribution in [3.05, 3.63) is 45.4 Å². The third-order valence-corrected chi connectivity index (χ3v) is 3.95. The van der Waals surface area contributed by atoms with Gasteiger partial charge in [-0.15, -0.1) is 11.3 Å². The van der Waals surface area contributed by atoms with Gasteiger partial charge in [0.25, 0.3) is 0 Å². The first kappa shape index (κ1) is 13.5. The van der Waals surface area contributed by atoms with Crippen LogP contribution in [0.2, 0.25) is 0 Å². The second-order valence-electron chi connectivity index (χ2n) is 4.19. The summed E-state index contributed by atoms with van der Waals surface area (Å²) in [7, 11) is 0. The van der Waals surface area contributed by atoms with Gasteiger partial charge in [-0.3, -0.25) is 5.41 Å². The first-order chi connectivity index (χ1) is 9.11. The van der Waals surface area contributed by atoms with Crippen molar-refractivity contribution in [2.45, 2.75) is 26.9 Å². The Labute approximate surface area is 116 Å². The maximum atomic E-state index is 7.46. The predicted molar refractivity (Wildman–Crippen MR) is 78.0 cm³/mol. The number of nitrogens with zero attached hydrogens (tertiary/aromatic N) is 1. The number of ether oxygens (including phenoxy) is 1. The van der Waals surface area contributed by atoms with Gasteiger partial charge in [-0.05, 0) is 25.0 Å². The Morgan fingerprint density at radius 3 is 2.79 bits per heavy atom. The molecule has 2 rings (SSSR count). The lowest BCUT2D eigenvalue weighted by Gasteiger charge is -2.08. The summed E-state index contributed by atoms with van der Waals surface area (Å²) in [5.74, 6) is 0.956. The van der Waals surface area contributed by atoms with Crippen molar-refractivity contribution in [1.82, 2.24) is 4.98 Å². The van der Waals surface area contributed by atoms with Gasteiger partial charge in [-0.2, -0.15) is 0 Å². The van der Waals surface area contributed by atoms with Crippen LogP contribution >= 0.6 is 11.3 Å². The second-order valence-corrected chi connectivity index (χ2v) is 5.27. The summed E-state index contributed by atoms with van der Waals surface area (Å²) >= 11 is 1.41. The van der Waals surface area contributed by atoms with Crippen LogP contribution in [0.25, 0.3) is 0 Å². The van der Waals surface area contributed by atoms with Crippen molar-refractivity contribution in [2.75, 3.05) is 0 Å². The van der Waals surface area contributed by atoms with Crippen LogP contribution in [0.4, 0.5) is 0 Å². The minimum absolute atomic E-state index is 0.0650. The molecule has 1 aromatic carbocycles. The molecular formula is C14H17N3OS. The Kier molecular flexibility index (Phi) is 4.16. The normalized spacial score (nSPS) is 10.4. The molecule has 100 valence electrons. The average Bonchev–Trinajstić information content (AvgIpc) is 2.78. The number of hydrogen-bond acceptors (Lipinski definition) is 4. The number of nitrogens with two attached hydrogens (primary N) is 1. The molecule has 0 saturated heterocycles. The van der Waals surface area contributed by atoms with Crippen molar-refractivity contribution < 1.29 is 4.74 Å². The molecule has 0 spiro atoms. The molecule has 4 nitrogen and oxygen atoms in total. The second kappa shape index (κ2) is 5.84. The number of hydrogen-bond donors (Lipinski definition) is 2. The molecule has 0 unspecified atom stereocenters. The van der Waals surface area contributed by atoms with Gasteiger partial charge < -0.3 is 10.5 Å². The molecule has 3 N–H and O–H groups in total. The molecule has 0 saturated carbocycles. The molecule has 0 aliphatic rings. The van der Waals surface area contributed by atoms with Gasteiger partial charge in [0.15, 0.2) is 0 Å². The van der Waals surface area contributed by atoms with Gasteiger partial charge in [0, 0.05) is 0 Å². The van der Waals surface area contributed by atoms with E-state index in [9.17, 15) is 0 Å². The van der Waals surface area contributed by atoms with Crippen LogP contribution in [0.3, 0.4) is 0 Å². The van der Waals surface area contributed by atoms with Crippen LogP contribution in [-0.4, -0.2) is 10.8 Å². The highest BCUT2D eigenvalue weighted by atomic mass is 32.1. The number of aryl methyl sites for hydroxylation is 2. The Morgan fingerprint density at radius 2 is 2.16 bits per heavy atom. The van der Waals surface area contributed by atoms with E-state index in [1.54, 1.807) is 0 Å². The number of thiazole rings is 1. The van der Waals surface area contributed by atoms with Gasteiger partial charge in [-0.1, -0.05) is 25.1 Å². The average molecular weight is 275 g/mol. The van der Waals surface area contributed by atoms with E-state index in [2.05, 4.69) is 18.0 Å². The van der Waals surface area contributed by atoms with Gasteiger partial charge in [0.2, 0.25) is 0 Å². The highest BCUT2D eigenvalue weighted by molar-refractivity contribution is 7.13. The predicted octanol–water partition coefficient (Wildman–Crippen LogP) is 2.88. The molecule has 2 aromatic rings. The standard InChI is InChI=1S/C14H17N3OS/c1-3-10-6-4-5-7-11(10)18-8-12-17-9(2)13(19-12)14(15)16/h4-7H,3,8H2,1-2H3,(H3,15,16). The topological polar surface area (TPSA) is 72.0 Å². The number of rotatable bonds is 5. The van der Waals surface area contributed by atoms with Gasteiger partial charge >= 0.3 is 0 Å². The summed E-state index contributed by atoms with van der Waals surface area (Å²) < 4.78 is 5.80.